The summed E-state index contributed by atoms with van der Waals surface area (Å²) >= 11 is 0. The molecule has 0 unspecified atom stereocenters. The molecule has 8 nitrogen and oxygen atoms in total. The van der Waals surface area contributed by atoms with Crippen LogP contribution in [-0.4, -0.2) is 41.1 Å². The van der Waals surface area contributed by atoms with Gasteiger partial charge in [0.2, 0.25) is 6.79 Å². The number of halogens is 2. The molecule has 30 heavy (non-hydrogen) atoms. The molecule has 2 aromatic rings. The van der Waals surface area contributed by atoms with Gasteiger partial charge in [-0.1, -0.05) is 12.1 Å². The van der Waals surface area contributed by atoms with Crippen molar-refractivity contribution in [2.45, 2.75) is 24.6 Å². The first-order valence-corrected chi connectivity index (χ1v) is 10.8. The molecular formula is C19H21F2N3O5S. The highest BCUT2D eigenvalue weighted by Gasteiger charge is 2.20. The zero-order chi connectivity index (χ0) is 21.7. The fraction of sp³-hybridized carbons (Fsp3) is 0.316. The molecule has 0 aliphatic carbocycles. The van der Waals surface area contributed by atoms with Crippen molar-refractivity contribution in [3.8, 4) is 17.2 Å². The minimum atomic E-state index is -3.25. The van der Waals surface area contributed by atoms with E-state index in [1.54, 1.807) is 25.2 Å². The predicted octanol–water partition coefficient (Wildman–Crippen LogP) is 2.29. The Kier molecular flexibility index (Phi) is 6.60. The highest BCUT2D eigenvalue weighted by Crippen LogP contribution is 2.38. The van der Waals surface area contributed by atoms with Gasteiger partial charge in [-0.25, -0.2) is 8.42 Å². The second-order valence-electron chi connectivity index (χ2n) is 6.39. The number of hydrogen-bond acceptors (Lipinski definition) is 6. The molecule has 3 rings (SSSR count). The van der Waals surface area contributed by atoms with Crippen LogP contribution in [0.5, 0.6) is 17.2 Å². The zero-order valence-electron chi connectivity index (χ0n) is 16.3. The number of alkyl halides is 2. The summed E-state index contributed by atoms with van der Waals surface area (Å²) in [7, 11) is -1.69. The summed E-state index contributed by atoms with van der Waals surface area (Å²) in [6, 6.07) is 9.40. The van der Waals surface area contributed by atoms with E-state index in [2.05, 4.69) is 20.4 Å². The van der Waals surface area contributed by atoms with Gasteiger partial charge in [-0.05, 0) is 23.8 Å². The van der Waals surface area contributed by atoms with Crippen LogP contribution in [0.25, 0.3) is 0 Å². The first kappa shape index (κ1) is 21.6. The van der Waals surface area contributed by atoms with E-state index in [1.165, 1.54) is 18.2 Å². The molecule has 2 N–H and O–H groups in total. The van der Waals surface area contributed by atoms with E-state index in [0.717, 1.165) is 11.8 Å². The second kappa shape index (κ2) is 9.16. The zero-order valence-corrected chi connectivity index (χ0v) is 17.1. The number of hydrogen-bond donors (Lipinski definition) is 2. The van der Waals surface area contributed by atoms with Gasteiger partial charge in [0, 0.05) is 38.0 Å². The summed E-state index contributed by atoms with van der Waals surface area (Å²) in [6.07, 6.45) is 1.15. The SMILES string of the molecule is CN=C(NCc1ccc(S(C)(=O)=O)cc1)NCc1cc2c(cc1OC(F)F)OCO2. The van der Waals surface area contributed by atoms with Crippen LogP contribution in [-0.2, 0) is 22.9 Å². The normalized spacial score (nSPS) is 13.4. The minimum absolute atomic E-state index is 0.0156. The summed E-state index contributed by atoms with van der Waals surface area (Å²) < 4.78 is 63.6. The van der Waals surface area contributed by atoms with E-state index < -0.39 is 16.4 Å². The Hall–Kier alpha value is -3.08. The lowest BCUT2D eigenvalue weighted by molar-refractivity contribution is -0.0505. The number of nitrogens with one attached hydrogen (secondary N) is 2. The highest BCUT2D eigenvalue weighted by molar-refractivity contribution is 7.90. The quantitative estimate of drug-likeness (QED) is 0.503. The average Bonchev–Trinajstić information content (AvgIpc) is 3.14. The van der Waals surface area contributed by atoms with E-state index >= 15 is 0 Å². The van der Waals surface area contributed by atoms with Gasteiger partial charge >= 0.3 is 6.61 Å². The van der Waals surface area contributed by atoms with Crippen molar-refractivity contribution in [1.29, 1.82) is 0 Å². The largest absolute Gasteiger partial charge is 0.454 e. The summed E-state index contributed by atoms with van der Waals surface area (Å²) in [5.74, 6) is 1.19. The van der Waals surface area contributed by atoms with Crippen LogP contribution in [0.3, 0.4) is 0 Å². The first-order valence-electron chi connectivity index (χ1n) is 8.87. The number of nitrogens with zero attached hydrogens (tertiary/aromatic N) is 1. The number of sulfone groups is 1. The smallest absolute Gasteiger partial charge is 0.387 e. The van der Waals surface area contributed by atoms with Crippen molar-refractivity contribution in [3.63, 3.8) is 0 Å². The van der Waals surface area contributed by atoms with E-state index in [9.17, 15) is 17.2 Å². The molecule has 0 atom stereocenters. The molecule has 1 aliphatic rings. The standard InChI is InChI=1S/C19H21F2N3O5S/c1-22-19(23-9-12-3-5-14(6-4-12)30(2,25)26)24-10-13-7-16-17(28-11-27-16)8-15(13)29-18(20)21/h3-8,18H,9-11H2,1-2H3,(H2,22,23,24). The summed E-state index contributed by atoms with van der Waals surface area (Å²) in [6.45, 7) is -2.44. The van der Waals surface area contributed by atoms with Gasteiger partial charge in [-0.2, -0.15) is 8.78 Å². The Morgan fingerprint density at radius 2 is 1.77 bits per heavy atom. The topological polar surface area (TPSA) is 98.3 Å². The Morgan fingerprint density at radius 3 is 2.37 bits per heavy atom. The van der Waals surface area contributed by atoms with E-state index in [1.807, 2.05) is 0 Å². The van der Waals surface area contributed by atoms with Gasteiger partial charge < -0.3 is 24.8 Å². The monoisotopic (exact) mass is 441 g/mol. The molecule has 0 bridgehead atoms. The predicted molar refractivity (Wildman–Crippen MR) is 106 cm³/mol. The Balaban J connectivity index is 1.63. The third kappa shape index (κ3) is 5.50. The molecule has 162 valence electrons. The summed E-state index contributed by atoms with van der Waals surface area (Å²) in [5, 5.41) is 6.09. The molecule has 1 heterocycles. The third-order valence-electron chi connectivity index (χ3n) is 4.25. The van der Waals surface area contributed by atoms with Crippen LogP contribution in [0.1, 0.15) is 11.1 Å². The van der Waals surface area contributed by atoms with Crippen LogP contribution < -0.4 is 24.8 Å². The molecular weight excluding hydrogens is 420 g/mol. The molecule has 0 radical (unpaired) electrons. The van der Waals surface area contributed by atoms with Crippen molar-refractivity contribution < 1.29 is 31.4 Å². The number of aliphatic imine (C=N–C) groups is 1. The third-order valence-corrected chi connectivity index (χ3v) is 5.38. The van der Waals surface area contributed by atoms with Crippen molar-refractivity contribution in [2.24, 2.45) is 4.99 Å². The van der Waals surface area contributed by atoms with Gasteiger partial charge in [-0.15, -0.1) is 0 Å². The summed E-state index contributed by atoms with van der Waals surface area (Å²) in [5.41, 5.74) is 1.29. The van der Waals surface area contributed by atoms with Crippen molar-refractivity contribution in [1.82, 2.24) is 10.6 Å². The van der Waals surface area contributed by atoms with Gasteiger partial charge in [0.15, 0.2) is 27.3 Å². The average molecular weight is 441 g/mol. The fourth-order valence-electron chi connectivity index (χ4n) is 2.75. The lowest BCUT2D eigenvalue weighted by Gasteiger charge is -2.15. The van der Waals surface area contributed by atoms with Gasteiger partial charge in [-0.3, -0.25) is 4.99 Å². The maximum absolute atomic E-state index is 12.7. The van der Waals surface area contributed by atoms with Gasteiger partial charge in [0.05, 0.1) is 4.90 Å². The van der Waals surface area contributed by atoms with Crippen molar-refractivity contribution >= 4 is 15.8 Å². The molecule has 0 fully saturated rings. The highest BCUT2D eigenvalue weighted by atomic mass is 32.2. The number of benzene rings is 2. The molecule has 0 amide bonds. The molecule has 0 saturated carbocycles. The van der Waals surface area contributed by atoms with E-state index in [-0.39, 0.29) is 24.0 Å². The number of fused-ring (bicyclic) bond motifs is 1. The van der Waals surface area contributed by atoms with Crippen molar-refractivity contribution in [2.75, 3.05) is 20.1 Å². The molecule has 0 aromatic heterocycles. The number of rotatable bonds is 7. The fourth-order valence-corrected chi connectivity index (χ4v) is 3.38. The van der Waals surface area contributed by atoms with Crippen LogP contribution in [0, 0.1) is 0 Å². The maximum atomic E-state index is 12.7. The lowest BCUT2D eigenvalue weighted by atomic mass is 10.1. The van der Waals surface area contributed by atoms with Crippen LogP contribution >= 0.6 is 0 Å². The van der Waals surface area contributed by atoms with Gasteiger partial charge in [0.1, 0.15) is 5.75 Å². The van der Waals surface area contributed by atoms with Gasteiger partial charge in [0.25, 0.3) is 0 Å². The number of guanidine groups is 1. The Labute approximate surface area is 172 Å². The molecule has 0 saturated heterocycles. The molecule has 0 spiro atoms. The van der Waals surface area contributed by atoms with Crippen molar-refractivity contribution in [3.05, 3.63) is 47.5 Å². The molecule has 11 heteroatoms. The number of ether oxygens (including phenoxy) is 3. The Morgan fingerprint density at radius 1 is 1.13 bits per heavy atom. The Bertz CT molecular complexity index is 1030. The molecule has 1 aliphatic heterocycles. The summed E-state index contributed by atoms with van der Waals surface area (Å²) in [4.78, 5) is 4.33. The maximum Gasteiger partial charge on any atom is 0.387 e. The van der Waals surface area contributed by atoms with E-state index in [4.69, 9.17) is 9.47 Å². The minimum Gasteiger partial charge on any atom is -0.454 e. The second-order valence-corrected chi connectivity index (χ2v) is 8.40. The van der Waals surface area contributed by atoms with Crippen LogP contribution in [0.4, 0.5) is 8.78 Å². The lowest BCUT2D eigenvalue weighted by Crippen LogP contribution is -2.36. The van der Waals surface area contributed by atoms with Crippen LogP contribution in [0.15, 0.2) is 46.3 Å². The molecule has 2 aromatic carbocycles. The van der Waals surface area contributed by atoms with Crippen LogP contribution in [0.2, 0.25) is 0 Å². The first-order chi connectivity index (χ1) is 14.3. The van der Waals surface area contributed by atoms with E-state index in [0.29, 0.717) is 29.6 Å².